The molecule has 40 heavy (non-hydrogen) atoms. The fourth-order valence-corrected chi connectivity index (χ4v) is 4.52. The summed E-state index contributed by atoms with van der Waals surface area (Å²) in [7, 11) is 3.80. The Labute approximate surface area is 233 Å². The molecule has 204 valence electrons. The van der Waals surface area contributed by atoms with Crippen LogP contribution in [0.5, 0.6) is 0 Å². The highest BCUT2D eigenvalue weighted by Crippen LogP contribution is 2.32. The molecule has 1 fully saturated rings. The van der Waals surface area contributed by atoms with Crippen LogP contribution in [-0.2, 0) is 15.8 Å². The SMILES string of the molecule is CN(C)c1ccc(/C(=C/C=C/C(=O)Nc2ccccc2C=C2SC(=O)NC2=O)c2ccc(C(F)(F)F)cc2)cc1. The van der Waals surface area contributed by atoms with Gasteiger partial charge in [0, 0.05) is 31.5 Å². The number of alkyl halides is 3. The quantitative estimate of drug-likeness (QED) is 0.247. The van der Waals surface area contributed by atoms with E-state index in [-0.39, 0.29) is 4.91 Å². The third kappa shape index (κ3) is 7.09. The highest BCUT2D eigenvalue weighted by atomic mass is 32.2. The first kappa shape index (κ1) is 28.4. The molecule has 0 bridgehead atoms. The maximum absolute atomic E-state index is 13.1. The van der Waals surface area contributed by atoms with E-state index in [0.29, 0.717) is 22.4 Å². The van der Waals surface area contributed by atoms with E-state index in [9.17, 15) is 27.6 Å². The number of rotatable bonds is 7. The lowest BCUT2D eigenvalue weighted by Crippen LogP contribution is -2.17. The molecule has 0 aromatic heterocycles. The minimum atomic E-state index is -4.45. The van der Waals surface area contributed by atoms with Crippen LogP contribution >= 0.6 is 11.8 Å². The summed E-state index contributed by atoms with van der Waals surface area (Å²) in [5.41, 5.74) is 3.12. The second-order valence-electron chi connectivity index (χ2n) is 8.88. The van der Waals surface area contributed by atoms with Gasteiger partial charge in [-0.3, -0.25) is 19.7 Å². The van der Waals surface area contributed by atoms with Crippen LogP contribution in [0.2, 0.25) is 0 Å². The summed E-state index contributed by atoms with van der Waals surface area (Å²) in [6, 6.07) is 19.2. The number of hydrogen-bond donors (Lipinski definition) is 2. The number of hydrogen-bond acceptors (Lipinski definition) is 5. The summed E-state index contributed by atoms with van der Waals surface area (Å²) >= 11 is 0.775. The Morgan fingerprint density at radius 3 is 2.12 bits per heavy atom. The monoisotopic (exact) mass is 563 g/mol. The van der Waals surface area contributed by atoms with Gasteiger partial charge in [-0.05, 0) is 70.4 Å². The van der Waals surface area contributed by atoms with E-state index in [0.717, 1.165) is 35.1 Å². The molecule has 2 N–H and O–H groups in total. The van der Waals surface area contributed by atoms with Gasteiger partial charge in [0.05, 0.1) is 10.5 Å². The number of carbonyl (C=O) groups excluding carboxylic acids is 3. The first-order valence-electron chi connectivity index (χ1n) is 12.0. The molecule has 10 heteroatoms. The fraction of sp³-hybridized carbons (Fsp3) is 0.100. The maximum atomic E-state index is 13.1. The molecule has 0 saturated carbocycles. The van der Waals surface area contributed by atoms with Crippen molar-refractivity contribution in [1.82, 2.24) is 5.32 Å². The zero-order chi connectivity index (χ0) is 28.9. The summed E-state index contributed by atoms with van der Waals surface area (Å²) in [6.45, 7) is 0. The molecule has 1 heterocycles. The standard InChI is InChI=1S/C30H24F3N3O3S/c1-36(2)23-16-12-20(13-17-23)24(19-10-14-22(15-11-19)30(31,32)33)7-5-9-27(37)34-25-8-4-3-6-21(25)18-26-28(38)35-29(39)40-26/h3-18H,1-2H3,(H,34,37)(H,35,38,39)/b9-5+,24-7+,26-18?. The van der Waals surface area contributed by atoms with E-state index in [1.54, 1.807) is 30.3 Å². The molecular weight excluding hydrogens is 539 g/mol. The van der Waals surface area contributed by atoms with Crippen molar-refractivity contribution in [3.05, 3.63) is 118 Å². The third-order valence-electron chi connectivity index (χ3n) is 5.88. The predicted molar refractivity (Wildman–Crippen MR) is 153 cm³/mol. The van der Waals surface area contributed by atoms with Crippen molar-refractivity contribution in [2.75, 3.05) is 24.3 Å². The molecule has 3 aromatic rings. The van der Waals surface area contributed by atoms with Crippen LogP contribution in [0.3, 0.4) is 0 Å². The molecule has 6 nitrogen and oxygen atoms in total. The number of anilines is 2. The highest BCUT2D eigenvalue weighted by molar-refractivity contribution is 8.18. The van der Waals surface area contributed by atoms with Crippen molar-refractivity contribution in [1.29, 1.82) is 0 Å². The van der Waals surface area contributed by atoms with Crippen LogP contribution in [-0.4, -0.2) is 31.1 Å². The molecule has 1 aliphatic rings. The van der Waals surface area contributed by atoms with Gasteiger partial charge in [0.25, 0.3) is 11.1 Å². The summed E-state index contributed by atoms with van der Waals surface area (Å²) < 4.78 is 39.3. The van der Waals surface area contributed by atoms with E-state index in [4.69, 9.17) is 0 Å². The second-order valence-corrected chi connectivity index (χ2v) is 9.90. The number of para-hydroxylation sites is 1. The Hall–Kier alpha value is -4.57. The summed E-state index contributed by atoms with van der Waals surface area (Å²) in [4.78, 5) is 38.2. The van der Waals surface area contributed by atoms with E-state index >= 15 is 0 Å². The van der Waals surface area contributed by atoms with Crippen molar-refractivity contribution in [3.63, 3.8) is 0 Å². The van der Waals surface area contributed by atoms with Crippen molar-refractivity contribution in [2.24, 2.45) is 0 Å². The molecule has 4 rings (SSSR count). The number of halogens is 3. The predicted octanol–water partition coefficient (Wildman–Crippen LogP) is 6.72. The van der Waals surface area contributed by atoms with Gasteiger partial charge in [0.2, 0.25) is 5.91 Å². The number of thioether (sulfide) groups is 1. The van der Waals surface area contributed by atoms with E-state index < -0.39 is 28.8 Å². The van der Waals surface area contributed by atoms with Gasteiger partial charge in [-0.1, -0.05) is 54.6 Å². The topological polar surface area (TPSA) is 78.5 Å². The molecule has 3 amide bonds. The number of nitrogens with one attached hydrogen (secondary N) is 2. The summed E-state index contributed by atoms with van der Waals surface area (Å²) in [5.74, 6) is -0.966. The minimum absolute atomic E-state index is 0.214. The van der Waals surface area contributed by atoms with Gasteiger partial charge in [-0.25, -0.2) is 0 Å². The molecule has 0 radical (unpaired) electrons. The second kappa shape index (κ2) is 12.1. The van der Waals surface area contributed by atoms with E-state index in [1.165, 1.54) is 30.4 Å². The number of imide groups is 1. The number of allylic oxidation sites excluding steroid dienone is 2. The van der Waals surface area contributed by atoms with Gasteiger partial charge in [0.1, 0.15) is 0 Å². The maximum Gasteiger partial charge on any atom is 0.416 e. The van der Waals surface area contributed by atoms with Gasteiger partial charge in [0.15, 0.2) is 0 Å². The van der Waals surface area contributed by atoms with Crippen molar-refractivity contribution in [2.45, 2.75) is 6.18 Å². The molecule has 0 atom stereocenters. The minimum Gasteiger partial charge on any atom is -0.378 e. The molecule has 0 aliphatic carbocycles. The zero-order valence-corrected chi connectivity index (χ0v) is 22.3. The number of carbonyl (C=O) groups is 3. The Morgan fingerprint density at radius 1 is 0.925 bits per heavy atom. The molecule has 1 aliphatic heterocycles. The van der Waals surface area contributed by atoms with Crippen LogP contribution in [0.25, 0.3) is 11.6 Å². The third-order valence-corrected chi connectivity index (χ3v) is 6.69. The normalized spacial score (nSPS) is 15.0. The molecule has 0 unspecified atom stereocenters. The largest absolute Gasteiger partial charge is 0.416 e. The van der Waals surface area contributed by atoms with Gasteiger partial charge in [-0.15, -0.1) is 0 Å². The number of amides is 3. The first-order chi connectivity index (χ1) is 19.0. The summed E-state index contributed by atoms with van der Waals surface area (Å²) in [6.07, 6.45) is 1.54. The van der Waals surface area contributed by atoms with Gasteiger partial charge < -0.3 is 10.2 Å². The summed E-state index contributed by atoms with van der Waals surface area (Å²) in [5, 5.41) is 4.47. The van der Waals surface area contributed by atoms with Gasteiger partial charge in [-0.2, -0.15) is 13.2 Å². The smallest absolute Gasteiger partial charge is 0.378 e. The lowest BCUT2D eigenvalue weighted by atomic mass is 9.96. The molecule has 1 saturated heterocycles. The van der Waals surface area contributed by atoms with Crippen LogP contribution < -0.4 is 15.5 Å². The Balaban J connectivity index is 1.59. The molecular formula is C30H24F3N3O3S. The lowest BCUT2D eigenvalue weighted by molar-refractivity contribution is -0.137. The lowest BCUT2D eigenvalue weighted by Gasteiger charge is -2.14. The zero-order valence-electron chi connectivity index (χ0n) is 21.5. The van der Waals surface area contributed by atoms with Crippen LogP contribution in [0.15, 0.2) is 95.9 Å². The number of nitrogens with zero attached hydrogens (tertiary/aromatic N) is 1. The first-order valence-corrected chi connectivity index (χ1v) is 12.8. The van der Waals surface area contributed by atoms with Gasteiger partial charge >= 0.3 is 6.18 Å². The van der Waals surface area contributed by atoms with Crippen molar-refractivity contribution < 1.29 is 27.6 Å². The average molecular weight is 564 g/mol. The van der Waals surface area contributed by atoms with E-state index in [2.05, 4.69) is 10.6 Å². The van der Waals surface area contributed by atoms with Crippen LogP contribution in [0.1, 0.15) is 22.3 Å². The van der Waals surface area contributed by atoms with E-state index in [1.807, 2.05) is 43.3 Å². The van der Waals surface area contributed by atoms with Crippen molar-refractivity contribution in [3.8, 4) is 0 Å². The van der Waals surface area contributed by atoms with Crippen LogP contribution in [0.4, 0.5) is 29.3 Å². The average Bonchev–Trinajstić information content (AvgIpc) is 3.23. The Bertz CT molecular complexity index is 1520. The molecule has 3 aromatic carbocycles. The fourth-order valence-electron chi connectivity index (χ4n) is 3.84. The van der Waals surface area contributed by atoms with Crippen molar-refractivity contribution >= 4 is 51.8 Å². The highest BCUT2D eigenvalue weighted by Gasteiger charge is 2.30. The number of benzene rings is 3. The Morgan fingerprint density at radius 2 is 1.55 bits per heavy atom. The van der Waals surface area contributed by atoms with Crippen LogP contribution in [0, 0.1) is 0 Å². The Kier molecular flexibility index (Phi) is 8.59. The molecule has 0 spiro atoms.